The first-order valence-electron chi connectivity index (χ1n) is 5.57. The van der Waals surface area contributed by atoms with Gasteiger partial charge in [-0.1, -0.05) is 6.42 Å². The van der Waals surface area contributed by atoms with Crippen LogP contribution in [-0.4, -0.2) is 30.5 Å². The molecule has 1 saturated heterocycles. The predicted molar refractivity (Wildman–Crippen MR) is 52.5 cm³/mol. The topological polar surface area (TPSA) is 27.0 Å². The lowest BCUT2D eigenvalue weighted by molar-refractivity contribution is -0.0738. The van der Waals surface area contributed by atoms with E-state index in [9.17, 15) is 8.78 Å². The van der Waals surface area contributed by atoms with Gasteiger partial charge in [0.15, 0.2) is 0 Å². The monoisotopic (exact) mass is 214 g/mol. The highest BCUT2D eigenvalue weighted by atomic mass is 19.3. The van der Waals surface area contributed by atoms with E-state index in [2.05, 4.69) is 6.07 Å². The van der Waals surface area contributed by atoms with Crippen molar-refractivity contribution in [1.29, 1.82) is 5.26 Å². The molecule has 0 radical (unpaired) electrons. The maximum atomic E-state index is 13.1. The molecule has 15 heavy (non-hydrogen) atoms. The van der Waals surface area contributed by atoms with Crippen molar-refractivity contribution in [3.8, 4) is 6.07 Å². The Balaban J connectivity index is 1.92. The van der Waals surface area contributed by atoms with Crippen molar-refractivity contribution < 1.29 is 8.78 Å². The molecule has 0 aromatic carbocycles. The first-order valence-corrected chi connectivity index (χ1v) is 5.57. The Bertz CT molecular complexity index is 279. The van der Waals surface area contributed by atoms with Crippen molar-refractivity contribution >= 4 is 0 Å². The number of nitriles is 1. The highest BCUT2D eigenvalue weighted by Gasteiger charge is 2.42. The third-order valence-corrected chi connectivity index (χ3v) is 3.55. The highest BCUT2D eigenvalue weighted by molar-refractivity contribution is 5.06. The Morgan fingerprint density at radius 1 is 1.20 bits per heavy atom. The first-order chi connectivity index (χ1) is 7.05. The van der Waals surface area contributed by atoms with E-state index in [1.807, 2.05) is 0 Å². The van der Waals surface area contributed by atoms with Gasteiger partial charge >= 0.3 is 0 Å². The zero-order valence-corrected chi connectivity index (χ0v) is 8.81. The second-order valence-corrected chi connectivity index (χ2v) is 4.92. The van der Waals surface area contributed by atoms with Crippen LogP contribution in [0.25, 0.3) is 0 Å². The second-order valence-electron chi connectivity index (χ2n) is 4.92. The van der Waals surface area contributed by atoms with Gasteiger partial charge in [0, 0.05) is 13.0 Å². The molecular formula is C11H16F2N2. The molecule has 4 heteroatoms. The Labute approximate surface area is 88.9 Å². The fraction of sp³-hybridized carbons (Fsp3) is 0.909. The van der Waals surface area contributed by atoms with E-state index in [4.69, 9.17) is 5.26 Å². The van der Waals surface area contributed by atoms with Crippen LogP contribution in [0.4, 0.5) is 8.78 Å². The van der Waals surface area contributed by atoms with Crippen LogP contribution in [0.2, 0.25) is 0 Å². The molecule has 0 N–H and O–H groups in total. The molecule has 0 atom stereocenters. The Morgan fingerprint density at radius 2 is 1.93 bits per heavy atom. The molecular weight excluding hydrogens is 198 g/mol. The van der Waals surface area contributed by atoms with Crippen LogP contribution in [0.1, 0.15) is 32.1 Å². The molecule has 0 bridgehead atoms. The van der Waals surface area contributed by atoms with Gasteiger partial charge in [-0.25, -0.2) is 8.78 Å². The highest BCUT2D eigenvalue weighted by Crippen LogP contribution is 2.41. The van der Waals surface area contributed by atoms with Crippen LogP contribution >= 0.6 is 0 Å². The van der Waals surface area contributed by atoms with E-state index in [0.717, 1.165) is 25.8 Å². The Morgan fingerprint density at radius 3 is 2.40 bits per heavy atom. The van der Waals surface area contributed by atoms with E-state index in [1.54, 1.807) is 4.90 Å². The maximum absolute atomic E-state index is 13.1. The van der Waals surface area contributed by atoms with Crippen LogP contribution in [0.5, 0.6) is 0 Å². The molecule has 1 heterocycles. The summed E-state index contributed by atoms with van der Waals surface area (Å²) in [6, 6.07) is 2.30. The number of hydrogen-bond acceptors (Lipinski definition) is 2. The van der Waals surface area contributed by atoms with Crippen molar-refractivity contribution in [2.75, 3.05) is 19.6 Å². The number of piperidine rings is 1. The third kappa shape index (κ3) is 2.28. The molecule has 0 amide bonds. The SMILES string of the molecule is N#CC1(CN2CCCC(F)(F)C2)CCC1. The number of rotatable bonds is 2. The summed E-state index contributed by atoms with van der Waals surface area (Å²) < 4.78 is 26.3. The summed E-state index contributed by atoms with van der Waals surface area (Å²) >= 11 is 0. The fourth-order valence-electron chi connectivity index (χ4n) is 2.52. The van der Waals surface area contributed by atoms with Crippen molar-refractivity contribution in [2.45, 2.75) is 38.0 Å². The van der Waals surface area contributed by atoms with Crippen LogP contribution in [-0.2, 0) is 0 Å². The van der Waals surface area contributed by atoms with Crippen LogP contribution in [0, 0.1) is 16.7 Å². The molecule has 0 spiro atoms. The summed E-state index contributed by atoms with van der Waals surface area (Å²) in [5, 5.41) is 9.03. The first kappa shape index (κ1) is 10.8. The summed E-state index contributed by atoms with van der Waals surface area (Å²) in [4.78, 5) is 1.77. The fourth-order valence-corrected chi connectivity index (χ4v) is 2.52. The van der Waals surface area contributed by atoms with Gasteiger partial charge in [-0.2, -0.15) is 5.26 Å². The smallest absolute Gasteiger partial charge is 0.260 e. The van der Waals surface area contributed by atoms with E-state index >= 15 is 0 Å². The molecule has 1 saturated carbocycles. The third-order valence-electron chi connectivity index (χ3n) is 3.55. The number of halogens is 2. The Kier molecular flexibility index (Phi) is 2.68. The van der Waals surface area contributed by atoms with Crippen LogP contribution in [0.15, 0.2) is 0 Å². The van der Waals surface area contributed by atoms with Gasteiger partial charge in [-0.15, -0.1) is 0 Å². The van der Waals surface area contributed by atoms with Gasteiger partial charge in [0.2, 0.25) is 0 Å². The lowest BCUT2D eigenvalue weighted by Crippen LogP contribution is -2.49. The largest absolute Gasteiger partial charge is 0.296 e. The molecule has 0 aromatic heterocycles. The van der Waals surface area contributed by atoms with E-state index in [0.29, 0.717) is 13.0 Å². The van der Waals surface area contributed by atoms with Crippen molar-refractivity contribution in [3.05, 3.63) is 0 Å². The summed E-state index contributed by atoms with van der Waals surface area (Å²) in [6.07, 6.45) is 3.38. The van der Waals surface area contributed by atoms with Gasteiger partial charge in [-0.3, -0.25) is 4.90 Å². The van der Waals surface area contributed by atoms with Crippen LogP contribution < -0.4 is 0 Å². The molecule has 0 aromatic rings. The van der Waals surface area contributed by atoms with Gasteiger partial charge < -0.3 is 0 Å². The van der Waals surface area contributed by atoms with E-state index in [1.165, 1.54) is 0 Å². The van der Waals surface area contributed by atoms with E-state index < -0.39 is 5.92 Å². The lowest BCUT2D eigenvalue weighted by Gasteiger charge is -2.42. The summed E-state index contributed by atoms with van der Waals surface area (Å²) in [5.74, 6) is -2.54. The number of alkyl halides is 2. The molecule has 2 nitrogen and oxygen atoms in total. The van der Waals surface area contributed by atoms with E-state index in [-0.39, 0.29) is 18.4 Å². The zero-order chi connectivity index (χ0) is 10.9. The Hall–Kier alpha value is -0.690. The van der Waals surface area contributed by atoms with Crippen molar-refractivity contribution in [1.82, 2.24) is 4.90 Å². The molecule has 2 rings (SSSR count). The van der Waals surface area contributed by atoms with Gasteiger partial charge in [0.05, 0.1) is 18.0 Å². The maximum Gasteiger partial charge on any atom is 0.260 e. The summed E-state index contributed by atoms with van der Waals surface area (Å²) in [6.45, 7) is 1.11. The summed E-state index contributed by atoms with van der Waals surface area (Å²) in [7, 11) is 0. The minimum Gasteiger partial charge on any atom is -0.296 e. The zero-order valence-electron chi connectivity index (χ0n) is 8.81. The molecule has 0 unspecified atom stereocenters. The van der Waals surface area contributed by atoms with Gasteiger partial charge in [-0.05, 0) is 25.8 Å². The van der Waals surface area contributed by atoms with Crippen molar-refractivity contribution in [2.24, 2.45) is 5.41 Å². The number of nitrogens with zero attached hydrogens (tertiary/aromatic N) is 2. The van der Waals surface area contributed by atoms with Gasteiger partial charge in [0.25, 0.3) is 5.92 Å². The average molecular weight is 214 g/mol. The lowest BCUT2D eigenvalue weighted by atomic mass is 9.69. The number of hydrogen-bond donors (Lipinski definition) is 0. The molecule has 1 aliphatic carbocycles. The molecule has 84 valence electrons. The average Bonchev–Trinajstić information content (AvgIpc) is 2.10. The predicted octanol–water partition coefficient (Wildman–Crippen LogP) is 2.41. The van der Waals surface area contributed by atoms with Gasteiger partial charge in [0.1, 0.15) is 0 Å². The quantitative estimate of drug-likeness (QED) is 0.705. The minimum atomic E-state index is -2.54. The normalized spacial score (nSPS) is 29.1. The minimum absolute atomic E-state index is 0.00303. The molecule has 2 fully saturated rings. The standard InChI is InChI=1S/C11H16F2N2/c12-11(13)5-2-6-15(9-11)8-10(7-14)3-1-4-10/h1-6,8-9H2. The van der Waals surface area contributed by atoms with Crippen LogP contribution in [0.3, 0.4) is 0 Å². The number of likely N-dealkylation sites (tertiary alicyclic amines) is 1. The summed E-state index contributed by atoms with van der Waals surface area (Å²) in [5.41, 5.74) is -0.312. The molecule has 1 aliphatic heterocycles. The van der Waals surface area contributed by atoms with Crippen molar-refractivity contribution in [3.63, 3.8) is 0 Å². The second kappa shape index (κ2) is 3.71. The molecule has 2 aliphatic rings.